The second-order valence-corrected chi connectivity index (χ2v) is 7.34. The number of amides is 1. The SMILES string of the molecule is CCc1ccsc1CNC(=O)c1cc(C)c(Br)s1. The molecule has 0 bridgehead atoms. The Morgan fingerprint density at radius 2 is 2.28 bits per heavy atom. The summed E-state index contributed by atoms with van der Waals surface area (Å²) in [4.78, 5) is 14.0. The Balaban J connectivity index is 2.00. The van der Waals surface area contributed by atoms with Crippen molar-refractivity contribution in [2.45, 2.75) is 26.8 Å². The van der Waals surface area contributed by atoms with Gasteiger partial charge in [-0.25, -0.2) is 0 Å². The standard InChI is InChI=1S/C13H14BrNOS2/c1-3-9-4-5-17-11(9)7-15-13(16)10-6-8(2)12(14)18-10/h4-6H,3,7H2,1-2H3,(H,15,16). The van der Waals surface area contributed by atoms with Crippen molar-refractivity contribution in [3.63, 3.8) is 0 Å². The van der Waals surface area contributed by atoms with E-state index < -0.39 is 0 Å². The van der Waals surface area contributed by atoms with E-state index in [0.29, 0.717) is 6.54 Å². The first-order valence-corrected chi connectivity index (χ1v) is 8.20. The first kappa shape index (κ1) is 13.8. The zero-order valence-corrected chi connectivity index (χ0v) is 13.5. The summed E-state index contributed by atoms with van der Waals surface area (Å²) >= 11 is 6.61. The molecule has 96 valence electrons. The Hall–Kier alpha value is -0.650. The third-order valence-electron chi connectivity index (χ3n) is 2.71. The second-order valence-electron chi connectivity index (χ2n) is 3.97. The predicted octanol–water partition coefficient (Wildman–Crippen LogP) is 4.37. The van der Waals surface area contributed by atoms with Crippen molar-refractivity contribution in [1.29, 1.82) is 0 Å². The summed E-state index contributed by atoms with van der Waals surface area (Å²) in [5, 5.41) is 5.05. The van der Waals surface area contributed by atoms with Gasteiger partial charge in [0, 0.05) is 4.88 Å². The molecule has 2 rings (SSSR count). The number of aryl methyl sites for hydroxylation is 2. The van der Waals surface area contributed by atoms with Crippen LogP contribution < -0.4 is 5.32 Å². The van der Waals surface area contributed by atoms with Crippen molar-refractivity contribution in [2.75, 3.05) is 0 Å². The topological polar surface area (TPSA) is 29.1 Å². The van der Waals surface area contributed by atoms with Gasteiger partial charge in [0.15, 0.2) is 0 Å². The Morgan fingerprint density at radius 1 is 1.50 bits per heavy atom. The number of rotatable bonds is 4. The third-order valence-corrected chi connectivity index (χ3v) is 5.81. The Labute approximate surface area is 123 Å². The molecule has 1 amide bonds. The summed E-state index contributed by atoms with van der Waals surface area (Å²) in [6.45, 7) is 4.74. The van der Waals surface area contributed by atoms with Crippen molar-refractivity contribution in [3.8, 4) is 0 Å². The number of hydrogen-bond donors (Lipinski definition) is 1. The average Bonchev–Trinajstić information content (AvgIpc) is 2.93. The number of hydrogen-bond acceptors (Lipinski definition) is 3. The molecule has 2 heterocycles. The molecule has 2 aromatic rings. The fourth-order valence-corrected chi connectivity index (χ4v) is 4.02. The minimum absolute atomic E-state index is 0.00394. The molecular formula is C13H14BrNOS2. The Morgan fingerprint density at radius 3 is 2.89 bits per heavy atom. The van der Waals surface area contributed by atoms with E-state index in [1.54, 1.807) is 11.3 Å². The molecule has 0 atom stereocenters. The number of nitrogens with one attached hydrogen (secondary N) is 1. The zero-order valence-electron chi connectivity index (χ0n) is 10.2. The number of carbonyl (C=O) groups excluding carboxylic acids is 1. The van der Waals surface area contributed by atoms with Crippen LogP contribution in [0.15, 0.2) is 21.3 Å². The highest BCUT2D eigenvalue weighted by Gasteiger charge is 2.11. The minimum Gasteiger partial charge on any atom is -0.346 e. The maximum absolute atomic E-state index is 12.0. The van der Waals surface area contributed by atoms with Gasteiger partial charge >= 0.3 is 0 Å². The molecule has 0 unspecified atom stereocenters. The van der Waals surface area contributed by atoms with Gasteiger partial charge in [-0.05, 0) is 57.9 Å². The molecule has 0 radical (unpaired) electrons. The first-order chi connectivity index (χ1) is 8.61. The van der Waals surface area contributed by atoms with Crippen LogP contribution in [0.5, 0.6) is 0 Å². The van der Waals surface area contributed by atoms with Crippen LogP contribution in [-0.2, 0) is 13.0 Å². The molecule has 1 N–H and O–H groups in total. The van der Waals surface area contributed by atoms with Crippen LogP contribution in [0.4, 0.5) is 0 Å². The maximum atomic E-state index is 12.0. The summed E-state index contributed by atoms with van der Waals surface area (Å²) in [5.41, 5.74) is 2.43. The molecule has 0 saturated carbocycles. The molecule has 0 aliphatic rings. The highest BCUT2D eigenvalue weighted by molar-refractivity contribution is 9.11. The van der Waals surface area contributed by atoms with Crippen LogP contribution in [0.25, 0.3) is 0 Å². The summed E-state index contributed by atoms with van der Waals surface area (Å²) < 4.78 is 1.03. The van der Waals surface area contributed by atoms with Gasteiger partial charge in [0.1, 0.15) is 0 Å². The summed E-state index contributed by atoms with van der Waals surface area (Å²) in [5.74, 6) is 0.00394. The molecule has 5 heteroatoms. The van der Waals surface area contributed by atoms with Gasteiger partial charge in [-0.3, -0.25) is 4.79 Å². The molecule has 0 aliphatic carbocycles. The second kappa shape index (κ2) is 5.99. The molecule has 0 aromatic carbocycles. The molecule has 2 nitrogen and oxygen atoms in total. The number of thiophene rings is 2. The smallest absolute Gasteiger partial charge is 0.261 e. The molecule has 2 aromatic heterocycles. The molecule has 0 aliphatic heterocycles. The fourth-order valence-electron chi connectivity index (χ4n) is 1.66. The van der Waals surface area contributed by atoms with E-state index in [-0.39, 0.29) is 5.91 Å². The quantitative estimate of drug-likeness (QED) is 0.877. The van der Waals surface area contributed by atoms with Crippen LogP contribution in [0.2, 0.25) is 0 Å². The highest BCUT2D eigenvalue weighted by Crippen LogP contribution is 2.27. The van der Waals surface area contributed by atoms with Crippen molar-refractivity contribution in [1.82, 2.24) is 5.32 Å². The van der Waals surface area contributed by atoms with Crippen LogP contribution >= 0.6 is 38.6 Å². The van der Waals surface area contributed by atoms with Crippen LogP contribution in [-0.4, -0.2) is 5.91 Å². The Bertz CT molecular complexity index is 540. The van der Waals surface area contributed by atoms with Crippen molar-refractivity contribution in [3.05, 3.63) is 42.2 Å². The van der Waals surface area contributed by atoms with Crippen molar-refractivity contribution < 1.29 is 4.79 Å². The summed E-state index contributed by atoms with van der Waals surface area (Å²) in [6.07, 6.45) is 1.01. The van der Waals surface area contributed by atoms with Gasteiger partial charge in [0.25, 0.3) is 5.91 Å². The lowest BCUT2D eigenvalue weighted by atomic mass is 10.2. The van der Waals surface area contributed by atoms with Crippen LogP contribution in [0, 0.1) is 6.92 Å². The lowest BCUT2D eigenvalue weighted by molar-refractivity contribution is 0.0955. The number of halogens is 1. The van der Waals surface area contributed by atoms with E-state index in [4.69, 9.17) is 0 Å². The van der Waals surface area contributed by atoms with Gasteiger partial charge in [0.2, 0.25) is 0 Å². The molecule has 0 saturated heterocycles. The van der Waals surface area contributed by atoms with Crippen molar-refractivity contribution in [2.24, 2.45) is 0 Å². The van der Waals surface area contributed by atoms with Gasteiger partial charge in [-0.2, -0.15) is 0 Å². The summed E-state index contributed by atoms with van der Waals surface area (Å²) in [7, 11) is 0. The largest absolute Gasteiger partial charge is 0.346 e. The van der Waals surface area contributed by atoms with Gasteiger partial charge < -0.3 is 5.32 Å². The van der Waals surface area contributed by atoms with Gasteiger partial charge in [-0.15, -0.1) is 22.7 Å². The van der Waals surface area contributed by atoms with E-state index in [2.05, 4.69) is 39.6 Å². The fraction of sp³-hybridized carbons (Fsp3) is 0.308. The lowest BCUT2D eigenvalue weighted by Crippen LogP contribution is -2.21. The van der Waals surface area contributed by atoms with Crippen LogP contribution in [0.3, 0.4) is 0 Å². The highest BCUT2D eigenvalue weighted by atomic mass is 79.9. The van der Waals surface area contributed by atoms with E-state index in [0.717, 1.165) is 20.6 Å². The van der Waals surface area contributed by atoms with E-state index in [1.807, 2.05) is 13.0 Å². The molecule has 0 spiro atoms. The monoisotopic (exact) mass is 343 g/mol. The van der Waals surface area contributed by atoms with E-state index in [1.165, 1.54) is 21.8 Å². The van der Waals surface area contributed by atoms with Crippen LogP contribution in [0.1, 0.15) is 32.6 Å². The molecule has 0 fully saturated rings. The average molecular weight is 344 g/mol. The molecular weight excluding hydrogens is 330 g/mol. The third kappa shape index (κ3) is 3.02. The normalized spacial score (nSPS) is 10.6. The van der Waals surface area contributed by atoms with E-state index in [9.17, 15) is 4.79 Å². The Kier molecular flexibility index (Phi) is 4.59. The van der Waals surface area contributed by atoms with Gasteiger partial charge in [0.05, 0.1) is 15.2 Å². The summed E-state index contributed by atoms with van der Waals surface area (Å²) in [6, 6.07) is 4.04. The lowest BCUT2D eigenvalue weighted by Gasteiger charge is -2.03. The first-order valence-electron chi connectivity index (χ1n) is 5.71. The maximum Gasteiger partial charge on any atom is 0.261 e. The number of carbonyl (C=O) groups is 1. The van der Waals surface area contributed by atoms with Gasteiger partial charge in [-0.1, -0.05) is 6.92 Å². The predicted molar refractivity (Wildman–Crippen MR) is 81.6 cm³/mol. The zero-order chi connectivity index (χ0) is 13.1. The molecule has 18 heavy (non-hydrogen) atoms. The minimum atomic E-state index is 0.00394. The van der Waals surface area contributed by atoms with E-state index >= 15 is 0 Å². The van der Waals surface area contributed by atoms with Crippen molar-refractivity contribution >= 4 is 44.5 Å².